The summed E-state index contributed by atoms with van der Waals surface area (Å²) >= 11 is 9.19. The van der Waals surface area contributed by atoms with E-state index >= 15 is 0 Å². The average molecular weight is 288 g/mol. The van der Waals surface area contributed by atoms with Crippen LogP contribution < -0.4 is 0 Å². The van der Waals surface area contributed by atoms with Crippen molar-refractivity contribution in [3.05, 3.63) is 45.9 Å². The van der Waals surface area contributed by atoms with Crippen LogP contribution in [0.2, 0.25) is 5.02 Å². The number of halogens is 2. The Labute approximate surface area is 103 Å². The van der Waals surface area contributed by atoms with Crippen LogP contribution in [0.15, 0.2) is 35.3 Å². The fraction of sp³-hybridized carbons (Fsp3) is 0.250. The zero-order valence-electron chi connectivity index (χ0n) is 8.30. The summed E-state index contributed by atoms with van der Waals surface area (Å²) in [5.41, 5.74) is 0.673. The Kier molecular flexibility index (Phi) is 5.06. The molecule has 0 atom stereocenters. The number of hydrogen-bond donors (Lipinski definition) is 0. The second kappa shape index (κ2) is 6.09. The SMILES string of the molecule is C=CCCCC(=O)c1ccc(Br)c(Cl)c1. The Morgan fingerprint density at radius 3 is 2.87 bits per heavy atom. The fourth-order valence-corrected chi connectivity index (χ4v) is 1.65. The molecule has 1 nitrogen and oxygen atoms in total. The molecule has 80 valence electrons. The zero-order valence-corrected chi connectivity index (χ0v) is 10.6. The summed E-state index contributed by atoms with van der Waals surface area (Å²) in [6.45, 7) is 3.62. The van der Waals surface area contributed by atoms with Crippen LogP contribution in [0.1, 0.15) is 29.6 Å². The molecule has 0 radical (unpaired) electrons. The van der Waals surface area contributed by atoms with Gasteiger partial charge in [-0.05, 0) is 40.9 Å². The highest BCUT2D eigenvalue weighted by Gasteiger charge is 2.07. The molecule has 0 saturated carbocycles. The number of carbonyl (C=O) groups is 1. The van der Waals surface area contributed by atoms with Crippen molar-refractivity contribution in [2.24, 2.45) is 0 Å². The van der Waals surface area contributed by atoms with Gasteiger partial charge in [-0.1, -0.05) is 23.7 Å². The predicted octanol–water partition coefficient (Wildman–Crippen LogP) is 4.64. The number of ketones is 1. The van der Waals surface area contributed by atoms with E-state index in [-0.39, 0.29) is 5.78 Å². The summed E-state index contributed by atoms with van der Waals surface area (Å²) in [4.78, 5) is 11.7. The number of carbonyl (C=O) groups excluding carboxylic acids is 1. The topological polar surface area (TPSA) is 17.1 Å². The fourth-order valence-electron chi connectivity index (χ4n) is 1.22. The van der Waals surface area contributed by atoms with Gasteiger partial charge >= 0.3 is 0 Å². The van der Waals surface area contributed by atoms with Crippen molar-refractivity contribution in [2.45, 2.75) is 19.3 Å². The van der Waals surface area contributed by atoms with Gasteiger partial charge in [0, 0.05) is 16.5 Å². The highest BCUT2D eigenvalue weighted by atomic mass is 79.9. The molecule has 0 spiro atoms. The standard InChI is InChI=1S/C12H12BrClO/c1-2-3-4-5-12(15)9-6-7-10(13)11(14)8-9/h2,6-8H,1,3-5H2. The lowest BCUT2D eigenvalue weighted by molar-refractivity contribution is 0.0980. The highest BCUT2D eigenvalue weighted by molar-refractivity contribution is 9.10. The Morgan fingerprint density at radius 2 is 2.27 bits per heavy atom. The molecule has 1 aromatic rings. The van der Waals surface area contributed by atoms with Crippen molar-refractivity contribution >= 4 is 33.3 Å². The van der Waals surface area contributed by atoms with E-state index in [1.54, 1.807) is 18.2 Å². The summed E-state index contributed by atoms with van der Waals surface area (Å²) in [6.07, 6.45) is 4.08. The van der Waals surface area contributed by atoms with E-state index in [4.69, 9.17) is 11.6 Å². The minimum absolute atomic E-state index is 0.131. The van der Waals surface area contributed by atoms with Gasteiger partial charge in [0.05, 0.1) is 5.02 Å². The van der Waals surface area contributed by atoms with Gasteiger partial charge in [-0.25, -0.2) is 0 Å². The lowest BCUT2D eigenvalue weighted by atomic mass is 10.1. The summed E-state index contributed by atoms with van der Waals surface area (Å²) in [7, 11) is 0. The Morgan fingerprint density at radius 1 is 1.53 bits per heavy atom. The Hall–Kier alpha value is -0.600. The minimum Gasteiger partial charge on any atom is -0.294 e. The van der Waals surface area contributed by atoms with Crippen LogP contribution in [-0.2, 0) is 0 Å². The van der Waals surface area contributed by atoms with Gasteiger partial charge in [-0.15, -0.1) is 6.58 Å². The van der Waals surface area contributed by atoms with Crippen LogP contribution in [0.25, 0.3) is 0 Å². The van der Waals surface area contributed by atoms with Crippen molar-refractivity contribution in [3.8, 4) is 0 Å². The molecule has 0 fully saturated rings. The minimum atomic E-state index is 0.131. The summed E-state index contributed by atoms with van der Waals surface area (Å²) in [5, 5.41) is 0.574. The monoisotopic (exact) mass is 286 g/mol. The molecule has 0 aliphatic rings. The molecule has 0 aromatic heterocycles. The quantitative estimate of drug-likeness (QED) is 0.438. The number of rotatable bonds is 5. The van der Waals surface area contributed by atoms with Crippen molar-refractivity contribution in [1.29, 1.82) is 0 Å². The van der Waals surface area contributed by atoms with E-state index in [0.717, 1.165) is 17.3 Å². The number of unbranched alkanes of at least 4 members (excludes halogenated alkanes) is 1. The van der Waals surface area contributed by atoms with Crippen LogP contribution in [0.4, 0.5) is 0 Å². The van der Waals surface area contributed by atoms with E-state index in [0.29, 0.717) is 17.0 Å². The van der Waals surface area contributed by atoms with Gasteiger partial charge < -0.3 is 0 Å². The van der Waals surface area contributed by atoms with Gasteiger partial charge in [0.1, 0.15) is 0 Å². The molecule has 0 unspecified atom stereocenters. The third kappa shape index (κ3) is 3.80. The van der Waals surface area contributed by atoms with Crippen molar-refractivity contribution in [2.75, 3.05) is 0 Å². The predicted molar refractivity (Wildman–Crippen MR) is 67.5 cm³/mol. The van der Waals surface area contributed by atoms with Crippen LogP contribution >= 0.6 is 27.5 Å². The van der Waals surface area contributed by atoms with E-state index in [1.165, 1.54) is 0 Å². The second-order valence-electron chi connectivity index (χ2n) is 3.23. The lowest BCUT2D eigenvalue weighted by Crippen LogP contribution is -1.98. The first-order chi connectivity index (χ1) is 7.15. The highest BCUT2D eigenvalue weighted by Crippen LogP contribution is 2.23. The summed E-state index contributed by atoms with van der Waals surface area (Å²) in [6, 6.07) is 5.27. The normalized spacial score (nSPS) is 10.0. The van der Waals surface area contributed by atoms with Crippen LogP contribution in [-0.4, -0.2) is 5.78 Å². The maximum Gasteiger partial charge on any atom is 0.162 e. The molecule has 0 N–H and O–H groups in total. The zero-order chi connectivity index (χ0) is 11.3. The number of allylic oxidation sites excluding steroid dienone is 1. The van der Waals surface area contributed by atoms with Crippen LogP contribution in [0.5, 0.6) is 0 Å². The van der Waals surface area contributed by atoms with Gasteiger partial charge in [0.25, 0.3) is 0 Å². The maximum atomic E-state index is 11.7. The largest absolute Gasteiger partial charge is 0.294 e. The first-order valence-electron chi connectivity index (χ1n) is 4.74. The van der Waals surface area contributed by atoms with Gasteiger partial charge in [-0.3, -0.25) is 4.79 Å². The molecular formula is C12H12BrClO. The lowest BCUT2D eigenvalue weighted by Gasteiger charge is -2.01. The van der Waals surface area contributed by atoms with E-state index in [9.17, 15) is 4.79 Å². The molecule has 1 aromatic carbocycles. The average Bonchev–Trinajstić information content (AvgIpc) is 2.22. The van der Waals surface area contributed by atoms with Gasteiger partial charge in [-0.2, -0.15) is 0 Å². The third-order valence-corrected chi connectivity index (χ3v) is 3.29. The molecule has 0 aliphatic heterocycles. The Balaban J connectivity index is 2.65. The van der Waals surface area contributed by atoms with Gasteiger partial charge in [0.15, 0.2) is 5.78 Å². The first-order valence-corrected chi connectivity index (χ1v) is 5.91. The van der Waals surface area contributed by atoms with E-state index in [2.05, 4.69) is 22.5 Å². The maximum absolute atomic E-state index is 11.7. The van der Waals surface area contributed by atoms with E-state index < -0.39 is 0 Å². The van der Waals surface area contributed by atoms with Crippen molar-refractivity contribution in [3.63, 3.8) is 0 Å². The summed E-state index contributed by atoms with van der Waals surface area (Å²) in [5.74, 6) is 0.131. The van der Waals surface area contributed by atoms with E-state index in [1.807, 2.05) is 6.08 Å². The Bertz CT molecular complexity index is 374. The molecule has 0 amide bonds. The molecule has 1 rings (SSSR count). The van der Waals surface area contributed by atoms with Crippen LogP contribution in [0, 0.1) is 0 Å². The van der Waals surface area contributed by atoms with Gasteiger partial charge in [0.2, 0.25) is 0 Å². The molecule has 0 heterocycles. The molecule has 0 saturated heterocycles. The number of Topliss-reactive ketones (excluding diaryl/α,β-unsaturated/α-hetero) is 1. The second-order valence-corrected chi connectivity index (χ2v) is 4.49. The van der Waals surface area contributed by atoms with Crippen molar-refractivity contribution in [1.82, 2.24) is 0 Å². The molecule has 0 bridgehead atoms. The summed E-state index contributed by atoms with van der Waals surface area (Å²) < 4.78 is 0.812. The van der Waals surface area contributed by atoms with Crippen molar-refractivity contribution < 1.29 is 4.79 Å². The number of hydrogen-bond acceptors (Lipinski definition) is 1. The molecule has 0 aliphatic carbocycles. The molecule has 3 heteroatoms. The first kappa shape index (κ1) is 12.5. The number of benzene rings is 1. The molecular weight excluding hydrogens is 275 g/mol. The third-order valence-electron chi connectivity index (χ3n) is 2.05. The smallest absolute Gasteiger partial charge is 0.162 e. The molecule has 15 heavy (non-hydrogen) atoms. The van der Waals surface area contributed by atoms with Crippen LogP contribution in [0.3, 0.4) is 0 Å².